The van der Waals surface area contributed by atoms with E-state index in [4.69, 9.17) is 23.2 Å². The summed E-state index contributed by atoms with van der Waals surface area (Å²) in [4.78, 5) is 22.9. The molecular formula is C39H28Cl2N6O16S5. The summed E-state index contributed by atoms with van der Waals surface area (Å²) in [5, 5.41) is 34.3. The predicted molar refractivity (Wildman–Crippen MR) is 250 cm³/mol. The lowest BCUT2D eigenvalue weighted by molar-refractivity contribution is 0.102. The van der Waals surface area contributed by atoms with E-state index in [1.807, 2.05) is 0 Å². The van der Waals surface area contributed by atoms with Gasteiger partial charge < -0.3 is 20.8 Å². The summed E-state index contributed by atoms with van der Waals surface area (Å²) in [5.74, 6) is -4.23. The molecule has 6 aromatic carbocycles. The number of hydrogen-bond acceptors (Lipinski definition) is 17. The first kappa shape index (κ1) is 49.4. The monoisotopic (exact) mass is 1070 g/mol. The largest absolute Gasteiger partial charge is 0.505 e. The summed E-state index contributed by atoms with van der Waals surface area (Å²) in [6.07, 6.45) is 0. The molecule has 7 aromatic rings. The number of phenolic OH excluding ortho intramolecular Hbond substituents is 2. The molecule has 0 radical (unpaired) electrons. The molecule has 68 heavy (non-hydrogen) atoms. The van der Waals surface area contributed by atoms with E-state index in [-0.39, 0.29) is 36.9 Å². The summed E-state index contributed by atoms with van der Waals surface area (Å²) >= 11 is 12.9. The molecule has 0 aliphatic rings. The maximum absolute atomic E-state index is 13.8. The quantitative estimate of drug-likeness (QED) is 0.0227. The Morgan fingerprint density at radius 3 is 1.51 bits per heavy atom. The number of rotatable bonds is 13. The summed E-state index contributed by atoms with van der Waals surface area (Å²) in [6, 6.07) is 18.8. The van der Waals surface area contributed by atoms with Crippen LogP contribution >= 0.6 is 34.5 Å². The summed E-state index contributed by atoms with van der Waals surface area (Å²) in [6.45, 7) is 0. The van der Waals surface area contributed by atoms with Crippen molar-refractivity contribution in [2.24, 2.45) is 10.2 Å². The summed E-state index contributed by atoms with van der Waals surface area (Å²) in [5.41, 5.74) is 0.316. The number of hydrogen-bond donors (Lipinski definition) is 9. The summed E-state index contributed by atoms with van der Waals surface area (Å²) in [7, 11) is -19.6. The Labute approximate surface area is 398 Å². The molecular weight excluding hydrogens is 1040 g/mol. The number of aromatic hydroxyl groups is 2. The van der Waals surface area contributed by atoms with Gasteiger partial charge in [0.15, 0.2) is 11.5 Å². The Morgan fingerprint density at radius 1 is 0.574 bits per heavy atom. The fourth-order valence-electron chi connectivity index (χ4n) is 6.68. The van der Waals surface area contributed by atoms with Crippen molar-refractivity contribution in [2.75, 3.05) is 28.1 Å². The first-order chi connectivity index (χ1) is 31.7. The molecule has 0 fully saturated rings. The first-order valence-corrected chi connectivity index (χ1v) is 25.7. The number of carbonyl (C=O) groups excluding carboxylic acids is 2. The van der Waals surface area contributed by atoms with Crippen LogP contribution in [0.1, 0.15) is 19.3 Å². The molecule has 354 valence electrons. The van der Waals surface area contributed by atoms with Gasteiger partial charge >= 0.3 is 0 Å². The Morgan fingerprint density at radius 2 is 1.03 bits per heavy atom. The van der Waals surface area contributed by atoms with E-state index in [9.17, 15) is 71.7 Å². The van der Waals surface area contributed by atoms with Crippen LogP contribution in [0.3, 0.4) is 0 Å². The van der Waals surface area contributed by atoms with Crippen LogP contribution in [0, 0.1) is 0 Å². The second kappa shape index (κ2) is 18.2. The minimum Gasteiger partial charge on any atom is -0.505 e. The van der Waals surface area contributed by atoms with Gasteiger partial charge in [-0.3, -0.25) is 38.2 Å². The molecule has 9 N–H and O–H groups in total. The van der Waals surface area contributed by atoms with Gasteiger partial charge in [0.25, 0.3) is 52.3 Å². The third kappa shape index (κ3) is 9.89. The number of hydrazine groups is 1. The van der Waals surface area contributed by atoms with E-state index >= 15 is 0 Å². The fraction of sp³-hybridized carbons (Fsp3) is 0.0256. The Balaban J connectivity index is 1.28. The first-order valence-electron chi connectivity index (χ1n) is 18.4. The smallest absolute Gasteiger partial charge is 0.296 e. The van der Waals surface area contributed by atoms with Crippen LogP contribution in [-0.4, -0.2) is 81.0 Å². The molecule has 0 unspecified atom stereocenters. The molecule has 1 heterocycles. The van der Waals surface area contributed by atoms with Gasteiger partial charge in [-0.15, -0.1) is 21.6 Å². The maximum atomic E-state index is 13.8. The van der Waals surface area contributed by atoms with Gasteiger partial charge in [-0.2, -0.15) is 33.7 Å². The highest BCUT2D eigenvalue weighted by Gasteiger charge is 2.31. The van der Waals surface area contributed by atoms with Crippen LogP contribution in [0.4, 0.5) is 34.1 Å². The highest BCUT2D eigenvalue weighted by atomic mass is 35.5. The number of benzene rings is 6. The van der Waals surface area contributed by atoms with Crippen molar-refractivity contribution in [3.8, 4) is 11.5 Å². The van der Waals surface area contributed by atoms with E-state index in [2.05, 4.69) is 26.3 Å². The zero-order chi connectivity index (χ0) is 49.8. The molecule has 0 spiro atoms. The van der Waals surface area contributed by atoms with Crippen molar-refractivity contribution < 1.29 is 71.7 Å². The topological polar surface area (TPSA) is 356 Å². The van der Waals surface area contributed by atoms with E-state index in [0.717, 1.165) is 41.4 Å². The van der Waals surface area contributed by atoms with Crippen molar-refractivity contribution in [1.82, 2.24) is 0 Å². The number of anilines is 4. The molecule has 7 rings (SSSR count). The molecule has 29 heteroatoms. The van der Waals surface area contributed by atoms with E-state index in [0.29, 0.717) is 23.5 Å². The summed E-state index contributed by atoms with van der Waals surface area (Å²) < 4.78 is 140. The van der Waals surface area contributed by atoms with Gasteiger partial charge in [-0.1, -0.05) is 47.5 Å². The minimum atomic E-state index is -5.32. The average molecular weight is 1070 g/mol. The number of phenols is 2. The normalized spacial score (nSPS) is 12.4. The van der Waals surface area contributed by atoms with Gasteiger partial charge in [-0.25, -0.2) is 0 Å². The lowest BCUT2D eigenvalue weighted by Crippen LogP contribution is -2.26. The van der Waals surface area contributed by atoms with Crippen molar-refractivity contribution in [3.05, 3.63) is 117 Å². The number of carbonyl (C=O) groups is 2. The second-order valence-corrected chi connectivity index (χ2v) is 21.4. The fourth-order valence-corrected chi connectivity index (χ4v) is 10.6. The predicted octanol–water partition coefficient (Wildman–Crippen LogP) is 8.14. The zero-order valence-corrected chi connectivity index (χ0v) is 39.2. The molecule has 1 aromatic heterocycles. The third-order valence-corrected chi connectivity index (χ3v) is 14.9. The Bertz CT molecular complexity index is 3800. The van der Waals surface area contributed by atoms with E-state index in [1.165, 1.54) is 43.4 Å². The number of halogens is 2. The molecule has 0 aliphatic heterocycles. The highest BCUT2D eigenvalue weighted by molar-refractivity contribution is 7.87. The van der Waals surface area contributed by atoms with Gasteiger partial charge in [0.2, 0.25) is 0 Å². The van der Waals surface area contributed by atoms with Crippen LogP contribution in [0.15, 0.2) is 127 Å². The van der Waals surface area contributed by atoms with E-state index < -0.39 is 122 Å². The number of fused-ring (bicyclic) bond motifs is 2. The molecule has 0 bridgehead atoms. The van der Waals surface area contributed by atoms with Crippen molar-refractivity contribution >= 4 is 142 Å². The molecule has 22 nitrogen and oxygen atoms in total. The minimum absolute atomic E-state index is 0.0294. The van der Waals surface area contributed by atoms with Crippen LogP contribution in [0.5, 0.6) is 11.5 Å². The molecule has 0 aliphatic carbocycles. The zero-order valence-electron chi connectivity index (χ0n) is 33.6. The van der Waals surface area contributed by atoms with E-state index in [1.54, 1.807) is 12.1 Å². The Hall–Kier alpha value is -6.50. The molecule has 0 saturated heterocycles. The van der Waals surface area contributed by atoms with Gasteiger partial charge in [0, 0.05) is 17.8 Å². The van der Waals surface area contributed by atoms with Crippen molar-refractivity contribution in [2.45, 2.75) is 19.6 Å². The van der Waals surface area contributed by atoms with Crippen LogP contribution < -0.4 is 21.1 Å². The second-order valence-electron chi connectivity index (χ2n) is 14.0. The highest BCUT2D eigenvalue weighted by Crippen LogP contribution is 2.48. The number of nitrogens with one attached hydrogen (secondary N) is 3. The SMILES string of the molecule is CN(Nc1c(S(=O)(=O)O)cc2c(S(=O)(=O)O)ccc(NC(=O)c3ccc(C(=O)Nc4ccc(S(=O)(=O)O)c5cc(S(=O)(=O)O)c(N=Nc6ccccc6Cl)c(O)c45)s3)c2c1O)c1ccccc1Cl. The van der Waals surface area contributed by atoms with Crippen LogP contribution in [0.25, 0.3) is 21.5 Å². The van der Waals surface area contributed by atoms with Gasteiger partial charge in [0.05, 0.1) is 47.6 Å². The number of para-hydroxylation sites is 1. The average Bonchev–Trinajstić information content (AvgIpc) is 3.74. The van der Waals surface area contributed by atoms with Gasteiger partial charge in [-0.05, 0) is 72.8 Å². The third-order valence-electron chi connectivity index (χ3n) is 9.64. The molecule has 0 atom stereocenters. The Kier molecular flexibility index (Phi) is 13.2. The standard InChI is InChI=1S/C39H28Cl2N6O16S5/c1-47(25-9-5-3-7-21(25)41)46-35-31(68(61,62)63)17-19-29(66(55,56)57)15-11-24(33(19)37(35)49)43-39(51)27-13-12-26(64-27)38(50)42-23-10-14-28(65(52,53)54)18-16-30(67(58,59)60)34(36(48)32(18)23)45-44-22-8-4-2-6-20(22)40/h2-17,46,48-49H,1H3,(H,42,50)(H,43,51)(H,52,53,54)(H,55,56,57)(H,58,59,60)(H,61,62,63). The van der Waals surface area contributed by atoms with Crippen molar-refractivity contribution in [3.63, 3.8) is 0 Å². The van der Waals surface area contributed by atoms with Crippen molar-refractivity contribution in [1.29, 1.82) is 0 Å². The lowest BCUT2D eigenvalue weighted by atomic mass is 10.1. The number of azo groups is 1. The van der Waals surface area contributed by atoms with Gasteiger partial charge in [0.1, 0.15) is 36.6 Å². The molecule has 2 amide bonds. The molecule has 0 saturated carbocycles. The lowest BCUT2D eigenvalue weighted by Gasteiger charge is -2.25. The van der Waals surface area contributed by atoms with Crippen LogP contribution in [-0.2, 0) is 40.5 Å². The van der Waals surface area contributed by atoms with Crippen LogP contribution in [0.2, 0.25) is 10.0 Å². The number of thiophene rings is 1. The number of amides is 2. The maximum Gasteiger partial charge on any atom is 0.296 e. The number of nitrogens with zero attached hydrogens (tertiary/aromatic N) is 3.